The lowest BCUT2D eigenvalue weighted by Gasteiger charge is -2.36. The molecule has 0 bridgehead atoms. The minimum Gasteiger partial charge on any atom is -0.488 e. The summed E-state index contributed by atoms with van der Waals surface area (Å²) in [6, 6.07) is 14.8. The lowest BCUT2D eigenvalue weighted by molar-refractivity contribution is -0.0198. The van der Waals surface area contributed by atoms with Gasteiger partial charge in [-0.3, -0.25) is 9.78 Å². The third-order valence-electron chi connectivity index (χ3n) is 4.76. The van der Waals surface area contributed by atoms with Gasteiger partial charge in [-0.05, 0) is 48.5 Å². The van der Waals surface area contributed by atoms with Gasteiger partial charge in [-0.15, -0.1) is 0 Å². The van der Waals surface area contributed by atoms with Crippen LogP contribution >= 0.6 is 0 Å². The van der Waals surface area contributed by atoms with E-state index < -0.39 is 12.2 Å². The molecule has 1 fully saturated rings. The van der Waals surface area contributed by atoms with Gasteiger partial charge in [-0.2, -0.15) is 0 Å². The van der Waals surface area contributed by atoms with Crippen molar-refractivity contribution in [3.05, 3.63) is 72.2 Å². The molecular formula is C21H19FN2O3. The van der Waals surface area contributed by atoms with Gasteiger partial charge in [0.15, 0.2) is 0 Å². The van der Waals surface area contributed by atoms with Crippen molar-refractivity contribution in [1.82, 2.24) is 9.88 Å². The Morgan fingerprint density at radius 3 is 2.78 bits per heavy atom. The number of rotatable bonds is 3. The van der Waals surface area contributed by atoms with E-state index in [-0.39, 0.29) is 18.3 Å². The average Bonchev–Trinajstić information content (AvgIpc) is 2.69. The monoisotopic (exact) mass is 366 g/mol. The van der Waals surface area contributed by atoms with Crippen LogP contribution in [-0.2, 0) is 0 Å². The third kappa shape index (κ3) is 3.75. The number of halogens is 1. The summed E-state index contributed by atoms with van der Waals surface area (Å²) >= 11 is 0. The van der Waals surface area contributed by atoms with Crippen LogP contribution in [0.2, 0.25) is 0 Å². The Bertz CT molecular complexity index is 961. The first-order valence-electron chi connectivity index (χ1n) is 8.84. The Labute approximate surface area is 156 Å². The zero-order valence-electron chi connectivity index (χ0n) is 14.6. The van der Waals surface area contributed by atoms with Crippen molar-refractivity contribution in [2.24, 2.45) is 0 Å². The van der Waals surface area contributed by atoms with Gasteiger partial charge in [-0.1, -0.05) is 6.07 Å². The Morgan fingerprint density at radius 1 is 1.19 bits per heavy atom. The molecule has 27 heavy (non-hydrogen) atoms. The van der Waals surface area contributed by atoms with E-state index in [1.54, 1.807) is 11.1 Å². The summed E-state index contributed by atoms with van der Waals surface area (Å²) in [4.78, 5) is 18.4. The molecule has 4 rings (SSSR count). The van der Waals surface area contributed by atoms with Crippen molar-refractivity contribution < 1.29 is 19.0 Å². The second-order valence-corrected chi connectivity index (χ2v) is 6.63. The number of nitrogens with zero attached hydrogens (tertiary/aromatic N) is 2. The van der Waals surface area contributed by atoms with E-state index in [4.69, 9.17) is 4.74 Å². The quantitative estimate of drug-likeness (QED) is 0.774. The van der Waals surface area contributed by atoms with Gasteiger partial charge in [0.05, 0.1) is 12.1 Å². The van der Waals surface area contributed by atoms with Crippen LogP contribution in [0.3, 0.4) is 0 Å². The summed E-state index contributed by atoms with van der Waals surface area (Å²) in [5.74, 6) is 0.0615. The van der Waals surface area contributed by atoms with Crippen molar-refractivity contribution in [2.45, 2.75) is 18.6 Å². The fourth-order valence-electron chi connectivity index (χ4n) is 3.31. The number of β-amino-alcohol motifs (C(OH)–C–C–N with tert-alkyl or cyclic N) is 1. The molecule has 0 spiro atoms. The van der Waals surface area contributed by atoms with Crippen LogP contribution in [0.5, 0.6) is 5.75 Å². The van der Waals surface area contributed by atoms with Crippen molar-refractivity contribution in [1.29, 1.82) is 0 Å². The third-order valence-corrected chi connectivity index (χ3v) is 4.76. The van der Waals surface area contributed by atoms with Crippen LogP contribution in [0.15, 0.2) is 60.8 Å². The number of likely N-dealkylation sites (tertiary alicyclic amines) is 1. The fourth-order valence-corrected chi connectivity index (χ4v) is 3.31. The molecule has 138 valence electrons. The van der Waals surface area contributed by atoms with Gasteiger partial charge >= 0.3 is 0 Å². The molecule has 2 aromatic carbocycles. The van der Waals surface area contributed by atoms with Crippen LogP contribution in [0.25, 0.3) is 10.9 Å². The van der Waals surface area contributed by atoms with E-state index in [1.165, 1.54) is 24.3 Å². The molecule has 3 aromatic rings. The van der Waals surface area contributed by atoms with Crippen molar-refractivity contribution >= 4 is 16.8 Å². The molecule has 0 unspecified atom stereocenters. The number of piperidine rings is 1. The van der Waals surface area contributed by atoms with E-state index in [9.17, 15) is 14.3 Å². The molecule has 0 aliphatic carbocycles. The Morgan fingerprint density at radius 2 is 2.00 bits per heavy atom. The number of aromatic nitrogens is 1. The SMILES string of the molecule is O=C(c1ccc(F)cc1)N1CC[C@@H](Oc2ccc3ncccc3c2)[C@H](O)C1. The molecule has 1 aliphatic rings. The summed E-state index contributed by atoms with van der Waals surface area (Å²) in [5.41, 5.74) is 1.29. The highest BCUT2D eigenvalue weighted by Gasteiger charge is 2.32. The van der Waals surface area contributed by atoms with Crippen LogP contribution < -0.4 is 4.74 Å². The first kappa shape index (κ1) is 17.4. The van der Waals surface area contributed by atoms with E-state index >= 15 is 0 Å². The first-order valence-corrected chi connectivity index (χ1v) is 8.84. The van der Waals surface area contributed by atoms with Crippen LogP contribution in [-0.4, -0.2) is 46.2 Å². The highest BCUT2D eigenvalue weighted by molar-refractivity contribution is 5.94. The molecule has 1 saturated heterocycles. The van der Waals surface area contributed by atoms with Gasteiger partial charge in [0, 0.05) is 30.1 Å². The molecule has 0 radical (unpaired) electrons. The highest BCUT2D eigenvalue weighted by Crippen LogP contribution is 2.24. The minimum atomic E-state index is -0.798. The molecule has 0 saturated carbocycles. The summed E-state index contributed by atoms with van der Waals surface area (Å²) in [6.07, 6.45) is 1.06. The fraction of sp³-hybridized carbons (Fsp3) is 0.238. The Kier molecular flexibility index (Phi) is 4.73. The molecule has 1 aliphatic heterocycles. The smallest absolute Gasteiger partial charge is 0.253 e. The number of hydrogen-bond acceptors (Lipinski definition) is 4. The largest absolute Gasteiger partial charge is 0.488 e. The number of benzene rings is 2. The molecule has 2 atom stereocenters. The van der Waals surface area contributed by atoms with E-state index in [0.717, 1.165) is 10.9 Å². The summed E-state index contributed by atoms with van der Waals surface area (Å²) in [7, 11) is 0. The predicted octanol–water partition coefficient (Wildman–Crippen LogP) is 3.03. The van der Waals surface area contributed by atoms with Crippen molar-refractivity contribution in [2.75, 3.05) is 13.1 Å². The summed E-state index contributed by atoms with van der Waals surface area (Å²) < 4.78 is 19.0. The standard InChI is InChI=1S/C21H19FN2O3/c22-16-5-3-14(4-6-16)21(26)24-11-9-20(19(25)13-24)27-17-7-8-18-15(12-17)2-1-10-23-18/h1-8,10,12,19-20,25H,9,11,13H2/t19-,20-/m1/s1. The Hall–Kier alpha value is -2.99. The Balaban J connectivity index is 1.42. The summed E-state index contributed by atoms with van der Waals surface area (Å²) in [6.45, 7) is 0.642. The van der Waals surface area contributed by atoms with Gasteiger partial charge in [0.2, 0.25) is 0 Å². The first-order chi connectivity index (χ1) is 13.1. The second kappa shape index (κ2) is 7.32. The molecular weight excluding hydrogens is 347 g/mol. The van der Waals surface area contributed by atoms with Gasteiger partial charge in [-0.25, -0.2) is 4.39 Å². The zero-order valence-corrected chi connectivity index (χ0v) is 14.6. The normalized spacial score (nSPS) is 19.9. The lowest BCUT2D eigenvalue weighted by Crippen LogP contribution is -2.51. The van der Waals surface area contributed by atoms with Crippen LogP contribution in [0, 0.1) is 5.82 Å². The predicted molar refractivity (Wildman–Crippen MR) is 99.1 cm³/mol. The molecule has 5 nitrogen and oxygen atoms in total. The van der Waals surface area contributed by atoms with Crippen LogP contribution in [0.1, 0.15) is 16.8 Å². The summed E-state index contributed by atoms with van der Waals surface area (Å²) in [5, 5.41) is 11.4. The number of fused-ring (bicyclic) bond motifs is 1. The number of carbonyl (C=O) groups excluding carboxylic acids is 1. The molecule has 1 amide bonds. The molecule has 2 heterocycles. The minimum absolute atomic E-state index is 0.177. The molecule has 1 aromatic heterocycles. The number of ether oxygens (including phenoxy) is 1. The number of aliphatic hydroxyl groups excluding tert-OH is 1. The van der Waals surface area contributed by atoms with Gasteiger partial charge in [0.25, 0.3) is 5.91 Å². The lowest BCUT2D eigenvalue weighted by atomic mass is 10.0. The maximum absolute atomic E-state index is 13.0. The van der Waals surface area contributed by atoms with Gasteiger partial charge in [0.1, 0.15) is 23.8 Å². The number of hydrogen-bond donors (Lipinski definition) is 1. The topological polar surface area (TPSA) is 62.7 Å². The number of pyridine rings is 1. The van der Waals surface area contributed by atoms with Crippen molar-refractivity contribution in [3.63, 3.8) is 0 Å². The van der Waals surface area contributed by atoms with E-state index in [2.05, 4.69) is 4.98 Å². The zero-order chi connectivity index (χ0) is 18.8. The van der Waals surface area contributed by atoms with E-state index in [1.807, 2.05) is 30.3 Å². The maximum Gasteiger partial charge on any atom is 0.253 e. The second-order valence-electron chi connectivity index (χ2n) is 6.63. The van der Waals surface area contributed by atoms with Crippen LogP contribution in [0.4, 0.5) is 4.39 Å². The molecule has 1 N–H and O–H groups in total. The van der Waals surface area contributed by atoms with Gasteiger partial charge < -0.3 is 14.7 Å². The van der Waals surface area contributed by atoms with Crippen molar-refractivity contribution in [3.8, 4) is 5.75 Å². The number of carbonyl (C=O) groups is 1. The van der Waals surface area contributed by atoms with E-state index in [0.29, 0.717) is 24.3 Å². The molecule has 6 heteroatoms. The average molecular weight is 366 g/mol. The maximum atomic E-state index is 13.0. The number of amides is 1. The number of aliphatic hydroxyl groups is 1. The highest BCUT2D eigenvalue weighted by atomic mass is 19.1.